The highest BCUT2D eigenvalue weighted by atomic mass is 127. The summed E-state index contributed by atoms with van der Waals surface area (Å²) < 4.78 is 5.60. The van der Waals surface area contributed by atoms with Gasteiger partial charge >= 0.3 is 0 Å². The minimum Gasteiger partial charge on any atom is -0.490 e. The third-order valence-electron chi connectivity index (χ3n) is 3.11. The lowest BCUT2D eigenvalue weighted by atomic mass is 10.2. The van der Waals surface area contributed by atoms with E-state index in [-0.39, 0.29) is 24.0 Å². The summed E-state index contributed by atoms with van der Waals surface area (Å²) in [6.45, 7) is 4.14. The molecular formula is C15H25IN4OS. The van der Waals surface area contributed by atoms with Gasteiger partial charge in [0.2, 0.25) is 0 Å². The van der Waals surface area contributed by atoms with Crippen LogP contribution in [0.4, 0.5) is 0 Å². The van der Waals surface area contributed by atoms with Crippen LogP contribution in [-0.4, -0.2) is 48.2 Å². The maximum Gasteiger partial charge on any atom is 0.191 e. The van der Waals surface area contributed by atoms with Crippen LogP contribution in [0.25, 0.3) is 0 Å². The molecule has 1 aliphatic rings. The van der Waals surface area contributed by atoms with Crippen LogP contribution in [0.1, 0.15) is 19.8 Å². The van der Waals surface area contributed by atoms with Crippen LogP contribution in [0.5, 0.6) is 5.75 Å². The highest BCUT2D eigenvalue weighted by Gasteiger charge is 2.14. The summed E-state index contributed by atoms with van der Waals surface area (Å²) in [6.07, 6.45) is 5.96. The number of guanidine groups is 1. The van der Waals surface area contributed by atoms with Gasteiger partial charge in [-0.05, 0) is 37.7 Å². The zero-order chi connectivity index (χ0) is 14.8. The van der Waals surface area contributed by atoms with Gasteiger partial charge in [0.1, 0.15) is 12.4 Å². The maximum atomic E-state index is 5.60. The molecule has 22 heavy (non-hydrogen) atoms. The Balaban J connectivity index is 0.00000242. The number of ether oxygens (including phenoxy) is 1. The Morgan fingerprint density at radius 2 is 2.45 bits per heavy atom. The van der Waals surface area contributed by atoms with E-state index in [0.29, 0.717) is 19.2 Å². The SMILES string of the molecule is CCNC(=NCCOc1cccnc1)NC1CCCSC1.I. The summed E-state index contributed by atoms with van der Waals surface area (Å²) in [4.78, 5) is 8.58. The van der Waals surface area contributed by atoms with Gasteiger partial charge in [-0.3, -0.25) is 4.98 Å². The van der Waals surface area contributed by atoms with Gasteiger partial charge in [0, 0.05) is 24.5 Å². The lowest BCUT2D eigenvalue weighted by Crippen LogP contribution is -2.45. The molecule has 0 aromatic carbocycles. The van der Waals surface area contributed by atoms with E-state index in [1.807, 2.05) is 23.9 Å². The van der Waals surface area contributed by atoms with Crippen molar-refractivity contribution in [1.29, 1.82) is 0 Å². The molecule has 1 unspecified atom stereocenters. The molecule has 5 nitrogen and oxygen atoms in total. The topological polar surface area (TPSA) is 58.5 Å². The van der Waals surface area contributed by atoms with Gasteiger partial charge in [0.15, 0.2) is 5.96 Å². The van der Waals surface area contributed by atoms with Crippen LogP contribution in [0.15, 0.2) is 29.5 Å². The fraction of sp³-hybridized carbons (Fsp3) is 0.600. The van der Waals surface area contributed by atoms with Gasteiger partial charge < -0.3 is 15.4 Å². The normalized spacial score (nSPS) is 18.2. The van der Waals surface area contributed by atoms with Gasteiger partial charge in [-0.25, -0.2) is 4.99 Å². The number of rotatable bonds is 6. The molecule has 2 N–H and O–H groups in total. The van der Waals surface area contributed by atoms with E-state index in [9.17, 15) is 0 Å². The molecule has 0 radical (unpaired) electrons. The Bertz CT molecular complexity index is 427. The molecule has 7 heteroatoms. The van der Waals surface area contributed by atoms with Crippen molar-refractivity contribution >= 4 is 41.7 Å². The van der Waals surface area contributed by atoms with Crippen molar-refractivity contribution < 1.29 is 4.74 Å². The zero-order valence-corrected chi connectivity index (χ0v) is 16.1. The number of pyridine rings is 1. The van der Waals surface area contributed by atoms with Gasteiger partial charge in [-0.15, -0.1) is 24.0 Å². The molecule has 1 saturated heterocycles. The largest absolute Gasteiger partial charge is 0.490 e. The Morgan fingerprint density at radius 3 is 3.14 bits per heavy atom. The predicted molar refractivity (Wildman–Crippen MR) is 105 cm³/mol. The van der Waals surface area contributed by atoms with Gasteiger partial charge in [0.05, 0.1) is 12.7 Å². The molecule has 124 valence electrons. The number of aromatic nitrogens is 1. The lowest BCUT2D eigenvalue weighted by molar-refractivity contribution is 0.327. The summed E-state index contributed by atoms with van der Waals surface area (Å²) in [5, 5.41) is 6.80. The zero-order valence-electron chi connectivity index (χ0n) is 13.0. The van der Waals surface area contributed by atoms with Crippen LogP contribution in [0.2, 0.25) is 0 Å². The molecule has 2 rings (SSSR count). The first-order valence-electron chi connectivity index (χ1n) is 7.54. The maximum absolute atomic E-state index is 5.60. The van der Waals surface area contributed by atoms with Crippen molar-refractivity contribution in [3.8, 4) is 5.75 Å². The summed E-state index contributed by atoms with van der Waals surface area (Å²) in [6, 6.07) is 4.30. The average molecular weight is 436 g/mol. The Hall–Kier alpha value is -0.700. The van der Waals surface area contributed by atoms with Gasteiger partial charge in [-0.2, -0.15) is 11.8 Å². The van der Waals surface area contributed by atoms with Crippen molar-refractivity contribution in [1.82, 2.24) is 15.6 Å². The summed E-state index contributed by atoms with van der Waals surface area (Å²) in [5.41, 5.74) is 0. The van der Waals surface area contributed by atoms with Crippen molar-refractivity contribution in [2.45, 2.75) is 25.8 Å². The van der Waals surface area contributed by atoms with Crippen molar-refractivity contribution in [2.24, 2.45) is 4.99 Å². The second-order valence-electron chi connectivity index (χ2n) is 4.86. The number of hydrogen-bond acceptors (Lipinski definition) is 4. The molecule has 0 bridgehead atoms. The molecule has 1 aliphatic heterocycles. The first-order valence-corrected chi connectivity index (χ1v) is 8.69. The van der Waals surface area contributed by atoms with E-state index >= 15 is 0 Å². The van der Waals surface area contributed by atoms with Crippen LogP contribution in [-0.2, 0) is 0 Å². The molecule has 0 amide bonds. The first kappa shape index (κ1) is 19.3. The van der Waals surface area contributed by atoms with E-state index in [0.717, 1.165) is 24.0 Å². The monoisotopic (exact) mass is 436 g/mol. The Kier molecular flexibility index (Phi) is 10.4. The average Bonchev–Trinajstić information content (AvgIpc) is 2.54. The Labute approximate surface area is 154 Å². The highest BCUT2D eigenvalue weighted by Crippen LogP contribution is 2.16. The molecule has 1 fully saturated rings. The van der Waals surface area contributed by atoms with Crippen molar-refractivity contribution in [3.63, 3.8) is 0 Å². The molecule has 0 aliphatic carbocycles. The third-order valence-corrected chi connectivity index (χ3v) is 4.33. The number of halogens is 1. The first-order chi connectivity index (χ1) is 10.4. The number of nitrogens with zero attached hydrogens (tertiary/aromatic N) is 2. The van der Waals surface area contributed by atoms with Gasteiger partial charge in [-0.1, -0.05) is 0 Å². The second kappa shape index (κ2) is 11.8. The third kappa shape index (κ3) is 7.53. The van der Waals surface area contributed by atoms with E-state index < -0.39 is 0 Å². The molecule has 2 heterocycles. The molecule has 0 spiro atoms. The lowest BCUT2D eigenvalue weighted by Gasteiger charge is -2.24. The van der Waals surface area contributed by atoms with Crippen LogP contribution >= 0.6 is 35.7 Å². The highest BCUT2D eigenvalue weighted by molar-refractivity contribution is 14.0. The predicted octanol–water partition coefficient (Wildman–Crippen LogP) is 2.53. The van der Waals surface area contributed by atoms with Crippen molar-refractivity contribution in [3.05, 3.63) is 24.5 Å². The van der Waals surface area contributed by atoms with Crippen LogP contribution < -0.4 is 15.4 Å². The smallest absolute Gasteiger partial charge is 0.191 e. The van der Waals surface area contributed by atoms with Gasteiger partial charge in [0.25, 0.3) is 0 Å². The molecule has 1 aromatic heterocycles. The number of nitrogens with one attached hydrogen (secondary N) is 2. The Morgan fingerprint density at radius 1 is 1.55 bits per heavy atom. The van der Waals surface area contributed by atoms with Crippen LogP contribution in [0.3, 0.4) is 0 Å². The molecular weight excluding hydrogens is 411 g/mol. The summed E-state index contributed by atoms with van der Waals surface area (Å²) in [5.74, 6) is 4.12. The second-order valence-corrected chi connectivity index (χ2v) is 6.01. The number of aliphatic imine (C=N–C) groups is 1. The molecule has 0 saturated carbocycles. The molecule has 1 aromatic rings. The summed E-state index contributed by atoms with van der Waals surface area (Å²) in [7, 11) is 0. The van der Waals surface area contributed by atoms with E-state index in [2.05, 4.69) is 27.5 Å². The van der Waals surface area contributed by atoms with E-state index in [1.54, 1.807) is 12.4 Å². The van der Waals surface area contributed by atoms with Crippen molar-refractivity contribution in [2.75, 3.05) is 31.2 Å². The fourth-order valence-corrected chi connectivity index (χ4v) is 3.19. The minimum absolute atomic E-state index is 0. The number of hydrogen-bond donors (Lipinski definition) is 2. The standard InChI is InChI=1S/C15H24N4OS.HI/c1-2-17-15(19-13-5-4-10-21-12-13)18-8-9-20-14-6-3-7-16-11-14;/h3,6-7,11,13H,2,4-5,8-10,12H2,1H3,(H2,17,18,19);1H. The van der Waals surface area contributed by atoms with E-state index in [1.165, 1.54) is 18.6 Å². The van der Waals surface area contributed by atoms with E-state index in [4.69, 9.17) is 4.74 Å². The summed E-state index contributed by atoms with van der Waals surface area (Å²) >= 11 is 2.01. The molecule has 1 atom stereocenters. The number of thioether (sulfide) groups is 1. The van der Waals surface area contributed by atoms with Crippen LogP contribution in [0, 0.1) is 0 Å². The quantitative estimate of drug-likeness (QED) is 0.311. The minimum atomic E-state index is 0. The fourth-order valence-electron chi connectivity index (χ4n) is 2.12.